The molecule has 0 unspecified atom stereocenters. The molecule has 1 aliphatic rings. The van der Waals surface area contributed by atoms with Gasteiger partial charge in [0.25, 0.3) is 5.91 Å². The Balaban J connectivity index is 1.52. The van der Waals surface area contributed by atoms with Gasteiger partial charge in [0.2, 0.25) is 5.91 Å². The van der Waals surface area contributed by atoms with Gasteiger partial charge in [0.15, 0.2) is 0 Å². The van der Waals surface area contributed by atoms with E-state index in [4.69, 9.17) is 4.74 Å². The summed E-state index contributed by atoms with van der Waals surface area (Å²) in [6, 6.07) is 9.09. The molecule has 0 aromatic heterocycles. The number of hydrogen-bond donors (Lipinski definition) is 2. The van der Waals surface area contributed by atoms with Crippen LogP contribution in [-0.2, 0) is 9.53 Å². The monoisotopic (exact) mass is 291 g/mol. The maximum Gasteiger partial charge on any atom is 0.251 e. The van der Waals surface area contributed by atoms with Crippen molar-refractivity contribution in [1.82, 2.24) is 15.5 Å². The fraction of sp³-hybridized carbons (Fsp3) is 0.467. The van der Waals surface area contributed by atoms with Gasteiger partial charge in [-0.05, 0) is 12.1 Å². The van der Waals surface area contributed by atoms with Crippen LogP contribution in [0.5, 0.6) is 0 Å². The number of nitrogens with zero attached hydrogens (tertiary/aromatic N) is 1. The van der Waals surface area contributed by atoms with Gasteiger partial charge in [-0.1, -0.05) is 18.2 Å². The smallest absolute Gasteiger partial charge is 0.251 e. The van der Waals surface area contributed by atoms with Crippen LogP contribution in [0.3, 0.4) is 0 Å². The first-order chi connectivity index (χ1) is 10.3. The molecule has 1 fully saturated rings. The molecule has 0 aliphatic carbocycles. The van der Waals surface area contributed by atoms with E-state index in [9.17, 15) is 9.59 Å². The zero-order chi connectivity index (χ0) is 14.9. The maximum absolute atomic E-state index is 11.7. The molecule has 1 saturated heterocycles. The highest BCUT2D eigenvalue weighted by Gasteiger charge is 2.15. The van der Waals surface area contributed by atoms with Crippen molar-refractivity contribution in [2.24, 2.45) is 0 Å². The Labute approximate surface area is 124 Å². The van der Waals surface area contributed by atoms with Gasteiger partial charge in [0.1, 0.15) is 0 Å². The summed E-state index contributed by atoms with van der Waals surface area (Å²) in [5, 5.41) is 5.58. The van der Waals surface area contributed by atoms with Gasteiger partial charge in [-0.2, -0.15) is 0 Å². The molecule has 0 bridgehead atoms. The number of carbonyl (C=O) groups excluding carboxylic acids is 2. The summed E-state index contributed by atoms with van der Waals surface area (Å²) < 4.78 is 5.47. The van der Waals surface area contributed by atoms with Crippen molar-refractivity contribution < 1.29 is 14.3 Å². The lowest BCUT2D eigenvalue weighted by atomic mass is 10.2. The van der Waals surface area contributed by atoms with Crippen LogP contribution in [0, 0.1) is 0 Å². The summed E-state index contributed by atoms with van der Waals surface area (Å²) in [5.74, 6) is -0.0247. The summed E-state index contributed by atoms with van der Waals surface area (Å²) in [4.78, 5) is 25.0. The van der Waals surface area contributed by atoms with E-state index in [-0.39, 0.29) is 11.8 Å². The number of amides is 2. The van der Waals surface area contributed by atoms with Crippen LogP contribution in [-0.4, -0.2) is 62.7 Å². The number of rotatable bonds is 7. The van der Waals surface area contributed by atoms with Crippen molar-refractivity contribution in [2.45, 2.75) is 0 Å². The van der Waals surface area contributed by atoms with Crippen molar-refractivity contribution in [3.8, 4) is 0 Å². The van der Waals surface area contributed by atoms with E-state index >= 15 is 0 Å². The average Bonchev–Trinajstić information content (AvgIpc) is 2.51. The van der Waals surface area contributed by atoms with Crippen molar-refractivity contribution in [1.29, 1.82) is 0 Å². The molecular formula is C15H21N3O3. The second kappa shape index (κ2) is 8.39. The van der Waals surface area contributed by atoms with Gasteiger partial charge < -0.3 is 15.4 Å². The Kier molecular flexibility index (Phi) is 6.18. The highest BCUT2D eigenvalue weighted by molar-refractivity contribution is 5.94. The van der Waals surface area contributed by atoms with Crippen molar-refractivity contribution in [3.63, 3.8) is 0 Å². The molecule has 6 nitrogen and oxygen atoms in total. The summed E-state index contributed by atoms with van der Waals surface area (Å²) in [5.41, 5.74) is 0.650. The Morgan fingerprint density at radius 3 is 2.86 bits per heavy atom. The Hall–Kier alpha value is -1.92. The molecular weight excluding hydrogens is 270 g/mol. The zero-order valence-corrected chi connectivity index (χ0v) is 12.0. The molecule has 21 heavy (non-hydrogen) atoms. The highest BCUT2D eigenvalue weighted by atomic mass is 16.5. The van der Waals surface area contributed by atoms with Gasteiger partial charge in [-0.15, -0.1) is 0 Å². The number of piperazine rings is 1. The average molecular weight is 291 g/mol. The fourth-order valence-electron chi connectivity index (χ4n) is 2.11. The minimum Gasteiger partial charge on any atom is -0.378 e. The molecule has 6 heteroatoms. The lowest BCUT2D eigenvalue weighted by Crippen LogP contribution is -2.48. The van der Waals surface area contributed by atoms with E-state index in [0.29, 0.717) is 38.4 Å². The fourth-order valence-corrected chi connectivity index (χ4v) is 2.11. The van der Waals surface area contributed by atoms with Crippen LogP contribution in [0.15, 0.2) is 30.3 Å². The first-order valence-corrected chi connectivity index (χ1v) is 7.16. The van der Waals surface area contributed by atoms with E-state index in [2.05, 4.69) is 15.5 Å². The number of nitrogens with one attached hydrogen (secondary N) is 2. The van der Waals surface area contributed by atoms with Gasteiger partial charge in [0, 0.05) is 31.7 Å². The lowest BCUT2D eigenvalue weighted by Gasteiger charge is -2.26. The van der Waals surface area contributed by atoms with Crippen molar-refractivity contribution in [3.05, 3.63) is 35.9 Å². The molecule has 0 radical (unpaired) electrons. The van der Waals surface area contributed by atoms with Crippen LogP contribution in [0.4, 0.5) is 0 Å². The summed E-state index contributed by atoms with van der Waals surface area (Å²) in [6.07, 6.45) is 0. The molecule has 0 saturated carbocycles. The predicted octanol–water partition coefficient (Wildman–Crippen LogP) is -0.135. The third kappa shape index (κ3) is 5.53. The van der Waals surface area contributed by atoms with Crippen molar-refractivity contribution >= 4 is 11.8 Å². The largest absolute Gasteiger partial charge is 0.378 e. The first-order valence-electron chi connectivity index (χ1n) is 7.16. The van der Waals surface area contributed by atoms with Gasteiger partial charge >= 0.3 is 0 Å². The number of ether oxygens (including phenoxy) is 1. The van der Waals surface area contributed by atoms with Crippen LogP contribution < -0.4 is 10.6 Å². The SMILES string of the molecule is O=C1CN(CCOCCNC(=O)c2ccccc2)CCN1. The molecule has 2 rings (SSSR count). The quantitative estimate of drug-likeness (QED) is 0.686. The predicted molar refractivity (Wildman–Crippen MR) is 79.0 cm³/mol. The van der Waals surface area contributed by atoms with E-state index < -0.39 is 0 Å². The van der Waals surface area contributed by atoms with E-state index in [1.807, 2.05) is 18.2 Å². The standard InChI is InChI=1S/C15H21N3O3/c19-14-12-18(8-6-16-14)9-11-21-10-7-17-15(20)13-4-2-1-3-5-13/h1-5H,6-12H2,(H,16,19)(H,17,20). The van der Waals surface area contributed by atoms with E-state index in [0.717, 1.165) is 13.1 Å². The number of carbonyl (C=O) groups is 2. The van der Waals surface area contributed by atoms with Crippen LogP contribution >= 0.6 is 0 Å². The minimum atomic E-state index is -0.0908. The molecule has 1 aliphatic heterocycles. The molecule has 2 amide bonds. The molecule has 1 heterocycles. The lowest BCUT2D eigenvalue weighted by molar-refractivity contribution is -0.124. The molecule has 0 atom stereocenters. The second-order valence-electron chi connectivity index (χ2n) is 4.86. The summed E-state index contributed by atoms with van der Waals surface area (Å²) in [6.45, 7) is 4.25. The summed E-state index contributed by atoms with van der Waals surface area (Å²) >= 11 is 0. The van der Waals surface area contributed by atoms with Crippen LogP contribution in [0.25, 0.3) is 0 Å². The van der Waals surface area contributed by atoms with Gasteiger partial charge in [-0.3, -0.25) is 14.5 Å². The van der Waals surface area contributed by atoms with Crippen LogP contribution in [0.2, 0.25) is 0 Å². The number of hydrogen-bond acceptors (Lipinski definition) is 4. The highest BCUT2D eigenvalue weighted by Crippen LogP contribution is 1.97. The second-order valence-corrected chi connectivity index (χ2v) is 4.86. The molecule has 114 valence electrons. The maximum atomic E-state index is 11.7. The molecule has 1 aromatic carbocycles. The molecule has 1 aromatic rings. The van der Waals surface area contributed by atoms with Gasteiger partial charge in [-0.25, -0.2) is 0 Å². The minimum absolute atomic E-state index is 0.0661. The number of benzene rings is 1. The Morgan fingerprint density at radius 1 is 1.29 bits per heavy atom. The van der Waals surface area contributed by atoms with Crippen LogP contribution in [0.1, 0.15) is 10.4 Å². The first kappa shape index (κ1) is 15.5. The Bertz CT molecular complexity index is 464. The summed E-state index contributed by atoms with van der Waals surface area (Å²) in [7, 11) is 0. The van der Waals surface area contributed by atoms with E-state index in [1.165, 1.54) is 0 Å². The third-order valence-electron chi connectivity index (χ3n) is 3.24. The molecule has 0 spiro atoms. The molecule has 2 N–H and O–H groups in total. The third-order valence-corrected chi connectivity index (χ3v) is 3.24. The van der Waals surface area contributed by atoms with Gasteiger partial charge in [0.05, 0.1) is 19.8 Å². The van der Waals surface area contributed by atoms with Crippen molar-refractivity contribution in [2.75, 3.05) is 45.9 Å². The normalized spacial score (nSPS) is 15.5. The Morgan fingerprint density at radius 2 is 2.10 bits per heavy atom. The topological polar surface area (TPSA) is 70.7 Å². The zero-order valence-electron chi connectivity index (χ0n) is 12.0. The van der Waals surface area contributed by atoms with E-state index in [1.54, 1.807) is 12.1 Å².